The predicted molar refractivity (Wildman–Crippen MR) is 96.8 cm³/mol. The normalized spacial score (nSPS) is 11.3. The summed E-state index contributed by atoms with van der Waals surface area (Å²) >= 11 is 0. The third-order valence-corrected chi connectivity index (χ3v) is 7.99. The van der Waals surface area contributed by atoms with Crippen molar-refractivity contribution in [1.29, 1.82) is 0 Å². The molecule has 0 amide bonds. The molecule has 0 nitrogen and oxygen atoms in total. The monoisotopic (exact) mass is 288 g/mol. The van der Waals surface area contributed by atoms with Gasteiger partial charge in [-0.25, -0.2) is 6.82 Å². The largest absolute Gasteiger partial charge is 0.206 e. The molecular formula is C19H18BP. The molecule has 0 bridgehead atoms. The number of hydrogen-bond acceptors (Lipinski definition) is 0. The second-order valence-corrected chi connectivity index (χ2v) is 8.50. The van der Waals surface area contributed by atoms with Gasteiger partial charge in [0.15, 0.2) is 0 Å². The van der Waals surface area contributed by atoms with Crippen LogP contribution in [0.15, 0.2) is 91.0 Å². The molecule has 0 aliphatic heterocycles. The van der Waals surface area contributed by atoms with Gasteiger partial charge in [0.2, 0.25) is 0 Å². The van der Waals surface area contributed by atoms with Crippen LogP contribution in [-0.2, 0) is 0 Å². The smallest absolute Gasteiger partial charge is 0.0545 e. The molecular weight excluding hydrogens is 270 g/mol. The molecule has 3 rings (SSSR count). The van der Waals surface area contributed by atoms with Crippen molar-refractivity contribution in [3.63, 3.8) is 0 Å². The summed E-state index contributed by atoms with van der Waals surface area (Å²) < 4.78 is 0. The molecule has 0 unspecified atom stereocenters. The Labute approximate surface area is 128 Å². The maximum absolute atomic E-state index is 2.41. The standard InChI is InChI=1S/C19H18BP/c1-20-21(17-11-5-2-6-12-17,18-13-7-3-8-14-18)19-15-9-4-10-16-19/h2-16H,1H3. The molecule has 0 N–H and O–H groups in total. The number of hydrogen-bond donors (Lipinski definition) is 0. The molecule has 2 heteroatoms. The number of benzene rings is 3. The summed E-state index contributed by atoms with van der Waals surface area (Å²) in [7, 11) is -1.66. The fourth-order valence-corrected chi connectivity index (χ4v) is 6.60. The van der Waals surface area contributed by atoms with Gasteiger partial charge >= 0.3 is 0 Å². The Hall–Kier alpha value is -1.85. The Morgan fingerprint density at radius 3 is 1.05 bits per heavy atom. The summed E-state index contributed by atoms with van der Waals surface area (Å²) in [5, 5.41) is 4.22. The minimum absolute atomic E-state index is 1.41. The van der Waals surface area contributed by atoms with Crippen molar-refractivity contribution in [3.05, 3.63) is 91.0 Å². The van der Waals surface area contributed by atoms with Gasteiger partial charge in [-0.15, -0.1) is 7.14 Å². The van der Waals surface area contributed by atoms with Gasteiger partial charge < -0.3 is 0 Å². The summed E-state index contributed by atoms with van der Waals surface area (Å²) in [4.78, 5) is 0. The van der Waals surface area contributed by atoms with E-state index >= 15 is 0 Å². The molecule has 3 aromatic carbocycles. The van der Waals surface area contributed by atoms with Crippen LogP contribution < -0.4 is 15.9 Å². The van der Waals surface area contributed by atoms with Crippen molar-refractivity contribution < 1.29 is 0 Å². The lowest BCUT2D eigenvalue weighted by molar-refractivity contribution is 1.73. The molecule has 2 radical (unpaired) electrons. The van der Waals surface area contributed by atoms with E-state index in [9.17, 15) is 0 Å². The van der Waals surface area contributed by atoms with Crippen LogP contribution in [0.25, 0.3) is 0 Å². The first-order valence-corrected chi connectivity index (χ1v) is 9.10. The highest BCUT2D eigenvalue weighted by atomic mass is 31.2. The molecule has 0 saturated heterocycles. The summed E-state index contributed by atoms with van der Waals surface area (Å²) in [6.07, 6.45) is 0. The molecule has 0 atom stereocenters. The molecule has 0 spiro atoms. The summed E-state index contributed by atoms with van der Waals surface area (Å²) in [5.41, 5.74) is 0. The van der Waals surface area contributed by atoms with E-state index in [0.717, 1.165) is 0 Å². The molecule has 0 aliphatic carbocycles. The maximum atomic E-state index is 2.41. The Kier molecular flexibility index (Phi) is 4.22. The second kappa shape index (κ2) is 6.29. The van der Waals surface area contributed by atoms with Crippen molar-refractivity contribution >= 4 is 30.1 Å². The number of rotatable bonds is 4. The zero-order chi connectivity index (χ0) is 14.5. The van der Waals surface area contributed by atoms with Gasteiger partial charge in [0.1, 0.15) is 0 Å². The Bertz CT molecular complexity index is 584. The van der Waals surface area contributed by atoms with Gasteiger partial charge in [0.05, 0.1) is 15.9 Å². The van der Waals surface area contributed by atoms with E-state index in [1.54, 1.807) is 0 Å². The molecule has 0 fully saturated rings. The van der Waals surface area contributed by atoms with Gasteiger partial charge in [0.25, 0.3) is 0 Å². The van der Waals surface area contributed by atoms with E-state index in [-0.39, 0.29) is 0 Å². The van der Waals surface area contributed by atoms with E-state index in [1.165, 1.54) is 15.9 Å². The van der Waals surface area contributed by atoms with Crippen molar-refractivity contribution in [1.82, 2.24) is 0 Å². The SMILES string of the molecule is C[B-][P+](c1ccccc1)(c1ccccc1)c1ccccc1. The molecule has 0 aromatic heterocycles. The molecule has 3 aromatic rings. The first-order valence-electron chi connectivity index (χ1n) is 7.24. The Morgan fingerprint density at radius 1 is 0.524 bits per heavy atom. The summed E-state index contributed by atoms with van der Waals surface area (Å²) in [6.45, 7) is 4.60. The van der Waals surface area contributed by atoms with Crippen LogP contribution in [-0.4, -0.2) is 7.00 Å². The quantitative estimate of drug-likeness (QED) is 0.508. The highest BCUT2D eigenvalue weighted by Gasteiger charge is 2.31. The predicted octanol–water partition coefficient (Wildman–Crippen LogP) is 3.65. The lowest BCUT2D eigenvalue weighted by Crippen LogP contribution is -2.33. The lowest BCUT2D eigenvalue weighted by atomic mass is 10.2. The van der Waals surface area contributed by atoms with Crippen molar-refractivity contribution in [3.8, 4) is 0 Å². The average Bonchev–Trinajstić information content (AvgIpc) is 2.59. The van der Waals surface area contributed by atoms with E-state index in [0.29, 0.717) is 0 Å². The molecule has 21 heavy (non-hydrogen) atoms. The third-order valence-electron chi connectivity index (χ3n) is 3.88. The van der Waals surface area contributed by atoms with E-state index in [2.05, 4.69) is 105 Å². The van der Waals surface area contributed by atoms with Gasteiger partial charge in [-0.05, 0) is 36.4 Å². The van der Waals surface area contributed by atoms with Crippen LogP contribution in [0, 0.1) is 0 Å². The zero-order valence-electron chi connectivity index (χ0n) is 12.2. The van der Waals surface area contributed by atoms with Gasteiger partial charge in [-0.1, -0.05) is 61.6 Å². The van der Waals surface area contributed by atoms with E-state index in [4.69, 9.17) is 0 Å². The summed E-state index contributed by atoms with van der Waals surface area (Å²) in [6, 6.07) is 32.6. The van der Waals surface area contributed by atoms with Crippen LogP contribution in [0.1, 0.15) is 0 Å². The van der Waals surface area contributed by atoms with E-state index < -0.39 is 7.14 Å². The minimum atomic E-state index is -1.66. The van der Waals surface area contributed by atoms with Crippen LogP contribution in [0.5, 0.6) is 0 Å². The molecule has 0 heterocycles. The van der Waals surface area contributed by atoms with Crippen molar-refractivity contribution in [2.45, 2.75) is 6.82 Å². The first kappa shape index (κ1) is 14.1. The third kappa shape index (κ3) is 2.54. The Morgan fingerprint density at radius 2 is 0.810 bits per heavy atom. The topological polar surface area (TPSA) is 0 Å². The van der Waals surface area contributed by atoms with Crippen LogP contribution in [0.4, 0.5) is 0 Å². The molecule has 0 aliphatic rings. The minimum Gasteiger partial charge on any atom is -0.206 e. The Balaban J connectivity index is 2.29. The maximum Gasteiger partial charge on any atom is 0.0545 e. The zero-order valence-corrected chi connectivity index (χ0v) is 13.1. The average molecular weight is 288 g/mol. The van der Waals surface area contributed by atoms with Crippen LogP contribution in [0.3, 0.4) is 0 Å². The van der Waals surface area contributed by atoms with Gasteiger partial charge in [-0.3, -0.25) is 0 Å². The molecule has 0 saturated carbocycles. The van der Waals surface area contributed by atoms with Crippen LogP contribution >= 0.6 is 7.14 Å². The lowest BCUT2D eigenvalue weighted by Gasteiger charge is -2.37. The van der Waals surface area contributed by atoms with Gasteiger partial charge in [-0.2, -0.15) is 0 Å². The van der Waals surface area contributed by atoms with E-state index in [1.807, 2.05) is 0 Å². The van der Waals surface area contributed by atoms with Crippen molar-refractivity contribution in [2.75, 3.05) is 0 Å². The van der Waals surface area contributed by atoms with Gasteiger partial charge in [0, 0.05) is 0 Å². The summed E-state index contributed by atoms with van der Waals surface area (Å²) in [5.74, 6) is 0. The second-order valence-electron chi connectivity index (χ2n) is 4.99. The van der Waals surface area contributed by atoms with Crippen molar-refractivity contribution in [2.24, 2.45) is 0 Å². The van der Waals surface area contributed by atoms with Crippen LogP contribution in [0.2, 0.25) is 6.82 Å². The highest BCUT2D eigenvalue weighted by molar-refractivity contribution is 8.16. The molecule has 102 valence electrons. The fraction of sp³-hybridized carbons (Fsp3) is 0.0526. The fourth-order valence-electron chi connectivity index (χ4n) is 2.88. The highest BCUT2D eigenvalue weighted by Crippen LogP contribution is 2.53. The first-order chi connectivity index (χ1) is 10.4.